The highest BCUT2D eigenvalue weighted by Crippen LogP contribution is 2.32. The largest absolute Gasteiger partial charge is 0.330 e. The van der Waals surface area contributed by atoms with Gasteiger partial charge < -0.3 is 10.6 Å². The number of rotatable bonds is 6. The molecule has 3 rings (SSSR count). The smallest absolute Gasteiger partial charge is 0.237 e. The molecule has 0 saturated heterocycles. The first-order chi connectivity index (χ1) is 12.9. The second kappa shape index (κ2) is 8.54. The van der Waals surface area contributed by atoms with Gasteiger partial charge in [0.15, 0.2) is 4.34 Å². The fourth-order valence-corrected chi connectivity index (χ4v) is 4.37. The van der Waals surface area contributed by atoms with E-state index in [1.54, 1.807) is 0 Å². The lowest BCUT2D eigenvalue weighted by Crippen LogP contribution is -2.22. The highest BCUT2D eigenvalue weighted by molar-refractivity contribution is 8.02. The Morgan fingerprint density at radius 1 is 1.00 bits per heavy atom. The average molecular weight is 399 g/mol. The Kier molecular flexibility index (Phi) is 6.13. The number of carbonyl (C=O) groups is 1. The van der Waals surface area contributed by atoms with Gasteiger partial charge in [-0.1, -0.05) is 53.4 Å². The summed E-state index contributed by atoms with van der Waals surface area (Å²) in [7, 11) is 0. The zero-order valence-corrected chi connectivity index (χ0v) is 17.4. The summed E-state index contributed by atoms with van der Waals surface area (Å²) in [5.41, 5.74) is 5.31. The van der Waals surface area contributed by atoms with Crippen molar-refractivity contribution in [2.45, 2.75) is 37.3 Å². The number of thioether (sulfide) groups is 1. The lowest BCUT2D eigenvalue weighted by atomic mass is 10.1. The predicted molar refractivity (Wildman–Crippen MR) is 114 cm³/mol. The number of hydrogen-bond acceptors (Lipinski definition) is 6. The molecule has 27 heavy (non-hydrogen) atoms. The molecule has 3 aromatic rings. The van der Waals surface area contributed by atoms with Crippen LogP contribution in [-0.2, 0) is 4.79 Å². The van der Waals surface area contributed by atoms with Gasteiger partial charge in [0.05, 0.1) is 5.25 Å². The van der Waals surface area contributed by atoms with E-state index in [1.807, 2.05) is 50.2 Å². The predicted octanol–water partition coefficient (Wildman–Crippen LogP) is 5.33. The summed E-state index contributed by atoms with van der Waals surface area (Å²) >= 11 is 2.86. The van der Waals surface area contributed by atoms with E-state index < -0.39 is 0 Å². The molecule has 2 N–H and O–H groups in total. The van der Waals surface area contributed by atoms with Gasteiger partial charge in [-0.15, -0.1) is 10.2 Å². The van der Waals surface area contributed by atoms with E-state index in [1.165, 1.54) is 34.2 Å². The summed E-state index contributed by atoms with van der Waals surface area (Å²) in [4.78, 5) is 12.5. The molecule has 0 aliphatic carbocycles. The summed E-state index contributed by atoms with van der Waals surface area (Å²) in [6.45, 7) is 8.00. The van der Waals surface area contributed by atoms with Crippen molar-refractivity contribution in [1.82, 2.24) is 10.2 Å². The van der Waals surface area contributed by atoms with Crippen molar-refractivity contribution in [3.8, 4) is 0 Å². The van der Waals surface area contributed by atoms with Gasteiger partial charge in [0, 0.05) is 11.4 Å². The summed E-state index contributed by atoms with van der Waals surface area (Å²) in [6.07, 6.45) is 0. The van der Waals surface area contributed by atoms with Crippen LogP contribution in [0, 0.1) is 20.8 Å². The molecule has 140 valence electrons. The number of nitrogens with zero attached hydrogens (tertiary/aromatic N) is 2. The molecule has 5 nitrogen and oxygen atoms in total. The summed E-state index contributed by atoms with van der Waals surface area (Å²) < 4.78 is 0.759. The van der Waals surface area contributed by atoms with Crippen LogP contribution in [-0.4, -0.2) is 21.4 Å². The quantitative estimate of drug-likeness (QED) is 0.550. The third kappa shape index (κ3) is 4.87. The molecule has 1 heterocycles. The maximum absolute atomic E-state index is 12.5. The summed E-state index contributed by atoms with van der Waals surface area (Å²) in [5.74, 6) is -0.0477. The lowest BCUT2D eigenvalue weighted by Gasteiger charge is -2.12. The summed E-state index contributed by atoms with van der Waals surface area (Å²) in [6, 6.07) is 13.9. The standard InChI is InChI=1S/C20H22N4OS2/c1-12-9-7-11-17(14(12)3)22-19-23-24-20(27-19)26-15(4)18(25)21-16-10-6-5-8-13(16)2/h5-11,15H,1-4H3,(H,21,25)(H,22,23). The number of aromatic nitrogens is 2. The van der Waals surface area contributed by atoms with Crippen LogP contribution in [0.25, 0.3) is 0 Å². The number of nitrogens with one attached hydrogen (secondary N) is 2. The number of anilines is 3. The molecule has 0 fully saturated rings. The van der Waals surface area contributed by atoms with E-state index in [-0.39, 0.29) is 11.2 Å². The monoisotopic (exact) mass is 398 g/mol. The first-order valence-corrected chi connectivity index (χ1v) is 10.3. The average Bonchev–Trinajstić information content (AvgIpc) is 3.08. The first kappa shape index (κ1) is 19.4. The third-order valence-corrected chi connectivity index (χ3v) is 6.33. The molecule has 1 atom stereocenters. The first-order valence-electron chi connectivity index (χ1n) is 8.64. The number of aryl methyl sites for hydroxylation is 2. The SMILES string of the molecule is Cc1ccccc1NC(=O)C(C)Sc1nnc(Nc2cccc(C)c2C)s1. The second-order valence-electron chi connectivity index (χ2n) is 6.31. The van der Waals surface area contributed by atoms with Gasteiger partial charge in [0.2, 0.25) is 11.0 Å². The van der Waals surface area contributed by atoms with Crippen molar-refractivity contribution < 1.29 is 4.79 Å². The third-order valence-electron chi connectivity index (χ3n) is 4.30. The molecule has 1 amide bonds. The van der Waals surface area contributed by atoms with E-state index in [9.17, 15) is 4.79 Å². The van der Waals surface area contributed by atoms with Crippen molar-refractivity contribution in [2.24, 2.45) is 0 Å². The lowest BCUT2D eigenvalue weighted by molar-refractivity contribution is -0.115. The highest BCUT2D eigenvalue weighted by atomic mass is 32.2. The highest BCUT2D eigenvalue weighted by Gasteiger charge is 2.18. The molecule has 0 aliphatic rings. The Labute approximate surface area is 167 Å². The molecule has 0 saturated carbocycles. The molecule has 0 bridgehead atoms. The van der Waals surface area contributed by atoms with Crippen molar-refractivity contribution in [1.29, 1.82) is 0 Å². The van der Waals surface area contributed by atoms with Gasteiger partial charge in [-0.05, 0) is 56.5 Å². The zero-order chi connectivity index (χ0) is 19.4. The minimum atomic E-state index is -0.272. The van der Waals surface area contributed by atoms with Crippen LogP contribution < -0.4 is 10.6 Å². The minimum absolute atomic E-state index is 0.0477. The fourth-order valence-electron chi connectivity index (χ4n) is 2.46. The Balaban J connectivity index is 1.62. The van der Waals surface area contributed by atoms with Gasteiger partial charge in [0.25, 0.3) is 0 Å². The van der Waals surface area contributed by atoms with Crippen LogP contribution >= 0.6 is 23.1 Å². The van der Waals surface area contributed by atoms with Crippen LogP contribution in [0.5, 0.6) is 0 Å². The Hall–Kier alpha value is -2.38. The number of para-hydroxylation sites is 1. The maximum Gasteiger partial charge on any atom is 0.237 e. The van der Waals surface area contributed by atoms with Crippen LogP contribution in [0.4, 0.5) is 16.5 Å². The molecule has 0 aliphatic heterocycles. The van der Waals surface area contributed by atoms with Gasteiger partial charge >= 0.3 is 0 Å². The zero-order valence-electron chi connectivity index (χ0n) is 15.7. The van der Waals surface area contributed by atoms with Crippen molar-refractivity contribution in [3.63, 3.8) is 0 Å². The molecule has 0 radical (unpaired) electrons. The number of hydrogen-bond donors (Lipinski definition) is 2. The molecule has 2 aromatic carbocycles. The van der Waals surface area contributed by atoms with Crippen LogP contribution in [0.2, 0.25) is 0 Å². The van der Waals surface area contributed by atoms with Gasteiger partial charge in [-0.3, -0.25) is 4.79 Å². The Bertz CT molecular complexity index is 955. The van der Waals surface area contributed by atoms with E-state index in [0.29, 0.717) is 0 Å². The van der Waals surface area contributed by atoms with Crippen molar-refractivity contribution >= 4 is 45.5 Å². The fraction of sp³-hybridized carbons (Fsp3) is 0.250. The maximum atomic E-state index is 12.5. The molecular formula is C20H22N4OS2. The van der Waals surface area contributed by atoms with E-state index in [2.05, 4.69) is 40.7 Å². The van der Waals surface area contributed by atoms with Gasteiger partial charge in [-0.2, -0.15) is 0 Å². The Morgan fingerprint density at radius 3 is 2.48 bits per heavy atom. The van der Waals surface area contributed by atoms with Gasteiger partial charge in [-0.25, -0.2) is 0 Å². The topological polar surface area (TPSA) is 66.9 Å². The molecule has 0 spiro atoms. The van der Waals surface area contributed by atoms with E-state index >= 15 is 0 Å². The molecule has 7 heteroatoms. The minimum Gasteiger partial charge on any atom is -0.330 e. The van der Waals surface area contributed by atoms with Crippen LogP contribution in [0.3, 0.4) is 0 Å². The van der Waals surface area contributed by atoms with Crippen LogP contribution in [0.1, 0.15) is 23.6 Å². The summed E-state index contributed by atoms with van der Waals surface area (Å²) in [5, 5.41) is 15.1. The van der Waals surface area contributed by atoms with Crippen molar-refractivity contribution in [2.75, 3.05) is 10.6 Å². The number of benzene rings is 2. The molecular weight excluding hydrogens is 376 g/mol. The van der Waals surface area contributed by atoms with E-state index in [0.717, 1.165) is 26.4 Å². The van der Waals surface area contributed by atoms with Crippen LogP contribution in [0.15, 0.2) is 46.8 Å². The number of carbonyl (C=O) groups excluding carboxylic acids is 1. The molecule has 1 aromatic heterocycles. The van der Waals surface area contributed by atoms with Gasteiger partial charge in [0.1, 0.15) is 0 Å². The van der Waals surface area contributed by atoms with E-state index in [4.69, 9.17) is 0 Å². The Morgan fingerprint density at radius 2 is 1.70 bits per heavy atom. The second-order valence-corrected chi connectivity index (χ2v) is 8.88. The normalized spacial score (nSPS) is 11.9. The molecule has 1 unspecified atom stereocenters. The van der Waals surface area contributed by atoms with Crippen molar-refractivity contribution in [3.05, 3.63) is 59.2 Å². The number of amides is 1.